The van der Waals surface area contributed by atoms with Gasteiger partial charge in [-0.2, -0.15) is 0 Å². The largest absolute Gasteiger partial charge is 0.508 e. The van der Waals surface area contributed by atoms with Crippen LogP contribution in [-0.4, -0.2) is 48.0 Å². The summed E-state index contributed by atoms with van der Waals surface area (Å²) in [6, 6.07) is 15.6. The van der Waals surface area contributed by atoms with Crippen molar-refractivity contribution in [2.45, 2.75) is 0 Å². The smallest absolute Gasteiger partial charge is 0.265 e. The van der Waals surface area contributed by atoms with Gasteiger partial charge in [-0.1, -0.05) is 23.7 Å². The Hall–Kier alpha value is -3.03. The molecule has 2 aromatic carbocycles. The van der Waals surface area contributed by atoms with Gasteiger partial charge >= 0.3 is 0 Å². The minimum atomic E-state index is -0.253. The van der Waals surface area contributed by atoms with Crippen molar-refractivity contribution in [1.82, 2.24) is 4.90 Å². The number of carbonyl (C=O) groups is 2. The van der Waals surface area contributed by atoms with Crippen molar-refractivity contribution < 1.29 is 14.7 Å². The van der Waals surface area contributed by atoms with Crippen molar-refractivity contribution in [3.05, 3.63) is 75.4 Å². The van der Waals surface area contributed by atoms with E-state index in [4.69, 9.17) is 11.6 Å². The Morgan fingerprint density at radius 2 is 1.80 bits per heavy atom. The van der Waals surface area contributed by atoms with E-state index in [1.165, 1.54) is 11.3 Å². The summed E-state index contributed by atoms with van der Waals surface area (Å²) in [5.74, 6) is -0.130. The van der Waals surface area contributed by atoms with E-state index in [0.29, 0.717) is 47.3 Å². The highest BCUT2D eigenvalue weighted by Gasteiger charge is 2.23. The Labute approximate surface area is 183 Å². The van der Waals surface area contributed by atoms with Crippen LogP contribution in [0.25, 0.3) is 0 Å². The standard InChI is InChI=1S/C22H20ClN3O3S/c23-18-7-6-15(13-19(18)24-21(28)20-5-2-12-30-20)22(29)26-10-8-25(9-11-26)16-3-1-4-17(27)14-16/h1-7,12-14,27H,8-11H2,(H,24,28). The van der Waals surface area contributed by atoms with E-state index in [9.17, 15) is 14.7 Å². The number of hydrogen-bond donors (Lipinski definition) is 2. The topological polar surface area (TPSA) is 72.9 Å². The van der Waals surface area contributed by atoms with Gasteiger partial charge in [-0.15, -0.1) is 11.3 Å². The predicted octanol–water partition coefficient (Wildman–Crippen LogP) is 4.32. The van der Waals surface area contributed by atoms with Crippen molar-refractivity contribution in [1.29, 1.82) is 0 Å². The summed E-state index contributed by atoms with van der Waals surface area (Å²) in [6.07, 6.45) is 0. The summed E-state index contributed by atoms with van der Waals surface area (Å²) in [6.45, 7) is 2.47. The number of hydrogen-bond acceptors (Lipinski definition) is 5. The molecule has 154 valence electrons. The first-order valence-corrected chi connectivity index (χ1v) is 10.7. The molecular formula is C22H20ClN3O3S. The lowest BCUT2D eigenvalue weighted by molar-refractivity contribution is 0.0746. The maximum atomic E-state index is 13.0. The lowest BCUT2D eigenvalue weighted by Gasteiger charge is -2.36. The quantitative estimate of drug-likeness (QED) is 0.632. The van der Waals surface area contributed by atoms with Crippen LogP contribution >= 0.6 is 22.9 Å². The number of anilines is 2. The van der Waals surface area contributed by atoms with Crippen molar-refractivity contribution in [2.75, 3.05) is 36.4 Å². The molecule has 30 heavy (non-hydrogen) atoms. The molecule has 8 heteroatoms. The van der Waals surface area contributed by atoms with Crippen LogP contribution in [0.4, 0.5) is 11.4 Å². The molecule has 2 amide bonds. The van der Waals surface area contributed by atoms with Crippen LogP contribution in [0.3, 0.4) is 0 Å². The van der Waals surface area contributed by atoms with Crippen molar-refractivity contribution in [2.24, 2.45) is 0 Å². The highest BCUT2D eigenvalue weighted by Crippen LogP contribution is 2.26. The first-order chi connectivity index (χ1) is 14.5. The first-order valence-electron chi connectivity index (χ1n) is 9.49. The number of rotatable bonds is 4. The van der Waals surface area contributed by atoms with Gasteiger partial charge in [-0.3, -0.25) is 9.59 Å². The van der Waals surface area contributed by atoms with Gasteiger partial charge < -0.3 is 20.2 Å². The van der Waals surface area contributed by atoms with Crippen LogP contribution in [0, 0.1) is 0 Å². The van der Waals surface area contributed by atoms with Crippen molar-refractivity contribution in [3.8, 4) is 5.75 Å². The number of halogens is 1. The molecule has 0 bridgehead atoms. The maximum absolute atomic E-state index is 13.0. The molecule has 1 aromatic heterocycles. The molecule has 1 saturated heterocycles. The van der Waals surface area contributed by atoms with E-state index < -0.39 is 0 Å². The minimum absolute atomic E-state index is 0.103. The molecule has 1 aliphatic rings. The van der Waals surface area contributed by atoms with Crippen LogP contribution in [0.1, 0.15) is 20.0 Å². The predicted molar refractivity (Wildman–Crippen MR) is 120 cm³/mol. The van der Waals surface area contributed by atoms with Gasteiger partial charge in [-0.05, 0) is 41.8 Å². The van der Waals surface area contributed by atoms with E-state index in [0.717, 1.165) is 5.69 Å². The maximum Gasteiger partial charge on any atom is 0.265 e. The second kappa shape index (κ2) is 8.77. The third-order valence-corrected chi connectivity index (χ3v) is 6.17. The molecule has 2 N–H and O–H groups in total. The average Bonchev–Trinajstić information content (AvgIpc) is 3.30. The van der Waals surface area contributed by atoms with Crippen LogP contribution in [-0.2, 0) is 0 Å². The van der Waals surface area contributed by atoms with Crippen LogP contribution in [0.2, 0.25) is 5.02 Å². The van der Waals surface area contributed by atoms with Crippen LogP contribution < -0.4 is 10.2 Å². The number of piperazine rings is 1. The Bertz CT molecular complexity index is 1060. The van der Waals surface area contributed by atoms with Gasteiger partial charge in [0.2, 0.25) is 0 Å². The summed E-state index contributed by atoms with van der Waals surface area (Å²) < 4.78 is 0. The molecule has 1 aliphatic heterocycles. The van der Waals surface area contributed by atoms with Gasteiger partial charge in [0.05, 0.1) is 15.6 Å². The van der Waals surface area contributed by atoms with E-state index in [-0.39, 0.29) is 17.6 Å². The Morgan fingerprint density at radius 3 is 2.50 bits per heavy atom. The van der Waals surface area contributed by atoms with E-state index in [2.05, 4.69) is 10.2 Å². The molecule has 6 nitrogen and oxygen atoms in total. The van der Waals surface area contributed by atoms with Crippen molar-refractivity contribution in [3.63, 3.8) is 0 Å². The molecule has 0 unspecified atom stereocenters. The number of aromatic hydroxyl groups is 1. The number of nitrogens with zero attached hydrogens (tertiary/aromatic N) is 2. The number of nitrogens with one attached hydrogen (secondary N) is 1. The van der Waals surface area contributed by atoms with Crippen molar-refractivity contribution >= 4 is 46.1 Å². The Kier molecular flexibility index (Phi) is 5.92. The lowest BCUT2D eigenvalue weighted by atomic mass is 10.1. The summed E-state index contributed by atoms with van der Waals surface area (Å²) in [5.41, 5.74) is 1.83. The molecule has 0 saturated carbocycles. The lowest BCUT2D eigenvalue weighted by Crippen LogP contribution is -2.48. The summed E-state index contributed by atoms with van der Waals surface area (Å²) in [4.78, 5) is 29.8. The fourth-order valence-corrected chi connectivity index (χ4v) is 4.17. The Morgan fingerprint density at radius 1 is 1.00 bits per heavy atom. The second-order valence-corrected chi connectivity index (χ2v) is 8.28. The number of phenolic OH excluding ortho intramolecular Hbond substituents is 1. The van der Waals surface area contributed by atoms with Crippen LogP contribution in [0.5, 0.6) is 5.75 Å². The monoisotopic (exact) mass is 441 g/mol. The molecule has 0 atom stereocenters. The third-order valence-electron chi connectivity index (χ3n) is 4.97. The van der Waals surface area contributed by atoms with Gasteiger partial charge in [0.1, 0.15) is 5.75 Å². The van der Waals surface area contributed by atoms with E-state index >= 15 is 0 Å². The number of phenols is 1. The molecular weight excluding hydrogens is 422 g/mol. The normalized spacial score (nSPS) is 13.9. The van der Waals surface area contributed by atoms with Gasteiger partial charge in [0.15, 0.2) is 0 Å². The molecule has 1 fully saturated rings. The molecule has 2 heterocycles. The number of thiophene rings is 1. The third kappa shape index (κ3) is 4.42. The zero-order valence-electron chi connectivity index (χ0n) is 16.0. The molecule has 3 aromatic rings. The number of amides is 2. The van der Waals surface area contributed by atoms with Crippen LogP contribution in [0.15, 0.2) is 60.0 Å². The van der Waals surface area contributed by atoms with Gasteiger partial charge in [-0.25, -0.2) is 0 Å². The molecule has 0 spiro atoms. The SMILES string of the molecule is O=C(Nc1cc(C(=O)N2CCN(c3cccc(O)c3)CC2)ccc1Cl)c1cccs1. The van der Waals surface area contributed by atoms with Gasteiger partial charge in [0, 0.05) is 43.5 Å². The zero-order chi connectivity index (χ0) is 21.1. The van der Waals surface area contributed by atoms with E-state index in [1.807, 2.05) is 17.5 Å². The van der Waals surface area contributed by atoms with Gasteiger partial charge in [0.25, 0.3) is 11.8 Å². The highest BCUT2D eigenvalue weighted by molar-refractivity contribution is 7.12. The highest BCUT2D eigenvalue weighted by atomic mass is 35.5. The molecule has 0 aliphatic carbocycles. The number of carbonyl (C=O) groups excluding carboxylic acids is 2. The fourth-order valence-electron chi connectivity index (χ4n) is 3.39. The number of benzene rings is 2. The first kappa shape index (κ1) is 20.3. The Balaban J connectivity index is 1.43. The molecule has 4 rings (SSSR count). The average molecular weight is 442 g/mol. The fraction of sp³-hybridized carbons (Fsp3) is 0.182. The summed E-state index contributed by atoms with van der Waals surface area (Å²) in [5, 5.41) is 14.7. The van der Waals surface area contributed by atoms with E-state index in [1.54, 1.807) is 47.4 Å². The molecule has 0 radical (unpaired) electrons. The second-order valence-electron chi connectivity index (χ2n) is 6.93. The summed E-state index contributed by atoms with van der Waals surface area (Å²) in [7, 11) is 0. The zero-order valence-corrected chi connectivity index (χ0v) is 17.6. The minimum Gasteiger partial charge on any atom is -0.508 e. The summed E-state index contributed by atoms with van der Waals surface area (Å²) >= 11 is 7.57.